The minimum Gasteiger partial charge on any atom is -0.361 e. The van der Waals surface area contributed by atoms with Gasteiger partial charge in [-0.2, -0.15) is 13.2 Å². The summed E-state index contributed by atoms with van der Waals surface area (Å²) in [7, 11) is 0. The number of alkyl halides is 3. The fraction of sp³-hybridized carbons (Fsp3) is 0.400. The molecule has 0 saturated heterocycles. The number of aromatic nitrogens is 2. The van der Waals surface area contributed by atoms with Crippen molar-refractivity contribution in [3.05, 3.63) is 53.5 Å². The fourth-order valence-electron chi connectivity index (χ4n) is 2.76. The molecule has 1 amide bonds. The molecule has 0 aliphatic heterocycles. The van der Waals surface area contributed by atoms with Gasteiger partial charge in [0, 0.05) is 36.0 Å². The summed E-state index contributed by atoms with van der Waals surface area (Å²) in [5.74, 6) is 0.0483. The minimum absolute atomic E-state index is 0.101. The summed E-state index contributed by atoms with van der Waals surface area (Å²) in [4.78, 5) is 32.5. The summed E-state index contributed by atoms with van der Waals surface area (Å²) in [6.07, 6.45) is 0.657. The topological polar surface area (TPSA) is 84.0 Å². The van der Waals surface area contributed by atoms with Gasteiger partial charge in [0.1, 0.15) is 18.1 Å². The molecule has 0 spiro atoms. The molecule has 1 fully saturated rings. The van der Waals surface area contributed by atoms with Crippen LogP contribution in [-0.2, 0) is 11.2 Å². The first kappa shape index (κ1) is 20.8. The van der Waals surface area contributed by atoms with E-state index in [1.165, 1.54) is 18.5 Å². The van der Waals surface area contributed by atoms with Gasteiger partial charge in [-0.3, -0.25) is 14.6 Å². The molecule has 29 heavy (non-hydrogen) atoms. The predicted octanol–water partition coefficient (Wildman–Crippen LogP) is 3.46. The molecule has 6 nitrogen and oxygen atoms in total. The molecular weight excluding hydrogens is 385 g/mol. The van der Waals surface area contributed by atoms with Gasteiger partial charge in [0.2, 0.25) is 0 Å². The van der Waals surface area contributed by atoms with Crippen LogP contribution in [0.25, 0.3) is 0 Å². The number of hydrogen-bond acceptors (Lipinski definition) is 5. The number of ketones is 1. The summed E-state index contributed by atoms with van der Waals surface area (Å²) in [6.45, 7) is 0.579. The maximum Gasteiger partial charge on any atom is 0.405 e. The normalized spacial score (nSPS) is 14.9. The Hall–Kier alpha value is -2.97. The van der Waals surface area contributed by atoms with E-state index in [-0.39, 0.29) is 29.8 Å². The van der Waals surface area contributed by atoms with Crippen LogP contribution in [0.15, 0.2) is 36.7 Å². The van der Waals surface area contributed by atoms with E-state index in [0.29, 0.717) is 16.8 Å². The zero-order chi connectivity index (χ0) is 21.0. The van der Waals surface area contributed by atoms with Crippen molar-refractivity contribution in [3.63, 3.8) is 0 Å². The molecule has 1 unspecified atom stereocenters. The smallest absolute Gasteiger partial charge is 0.361 e. The third-order valence-corrected chi connectivity index (χ3v) is 4.57. The number of carbonyl (C=O) groups excluding carboxylic acids is 2. The average Bonchev–Trinajstić information content (AvgIpc) is 3.52. The highest BCUT2D eigenvalue weighted by Gasteiger charge is 2.29. The van der Waals surface area contributed by atoms with E-state index in [9.17, 15) is 22.8 Å². The van der Waals surface area contributed by atoms with E-state index in [4.69, 9.17) is 0 Å². The molecule has 2 aromatic rings. The quantitative estimate of drug-likeness (QED) is 0.701. The molecule has 3 rings (SSSR count). The van der Waals surface area contributed by atoms with Crippen molar-refractivity contribution in [2.75, 3.05) is 11.9 Å². The second-order valence-corrected chi connectivity index (χ2v) is 7.09. The highest BCUT2D eigenvalue weighted by atomic mass is 19.4. The Balaban J connectivity index is 1.57. The highest BCUT2D eigenvalue weighted by Crippen LogP contribution is 2.30. The summed E-state index contributed by atoms with van der Waals surface area (Å²) in [5, 5.41) is 5.01. The van der Waals surface area contributed by atoms with Gasteiger partial charge in [-0.25, -0.2) is 4.98 Å². The van der Waals surface area contributed by atoms with Crippen LogP contribution in [0.2, 0.25) is 0 Å². The second kappa shape index (κ2) is 8.59. The van der Waals surface area contributed by atoms with Crippen molar-refractivity contribution in [2.45, 2.75) is 38.4 Å². The summed E-state index contributed by atoms with van der Waals surface area (Å²) >= 11 is 0. The number of hydrogen-bond donors (Lipinski definition) is 2. The van der Waals surface area contributed by atoms with E-state index in [1.54, 1.807) is 25.1 Å². The van der Waals surface area contributed by atoms with Crippen LogP contribution in [0.5, 0.6) is 0 Å². The molecule has 1 atom stereocenters. The molecule has 1 aliphatic carbocycles. The standard InChI is InChI=1S/C20H21F3N4O2/c1-12(15-4-5-18(25-10-15)26-11-20(21,22)23)27-19(29)14-6-7-24-16(8-14)9-17(28)13-2-3-13/h4-8,10,12-13H,2-3,9,11H2,1H3,(H,25,26)(H,27,29). The highest BCUT2D eigenvalue weighted by molar-refractivity contribution is 5.94. The van der Waals surface area contributed by atoms with Crippen LogP contribution in [0.4, 0.5) is 19.0 Å². The fourth-order valence-corrected chi connectivity index (χ4v) is 2.76. The van der Waals surface area contributed by atoms with E-state index in [0.717, 1.165) is 12.8 Å². The summed E-state index contributed by atoms with van der Waals surface area (Å²) in [6, 6.07) is 5.79. The average molecular weight is 406 g/mol. The summed E-state index contributed by atoms with van der Waals surface area (Å²) < 4.78 is 36.7. The van der Waals surface area contributed by atoms with Crippen molar-refractivity contribution in [2.24, 2.45) is 5.92 Å². The van der Waals surface area contributed by atoms with E-state index in [2.05, 4.69) is 20.6 Å². The minimum atomic E-state index is -4.33. The van der Waals surface area contributed by atoms with Gasteiger partial charge in [0.15, 0.2) is 0 Å². The van der Waals surface area contributed by atoms with Crippen molar-refractivity contribution < 1.29 is 22.8 Å². The van der Waals surface area contributed by atoms with Gasteiger partial charge >= 0.3 is 6.18 Å². The Morgan fingerprint density at radius 1 is 1.21 bits per heavy atom. The first-order valence-electron chi connectivity index (χ1n) is 9.26. The molecular formula is C20H21F3N4O2. The van der Waals surface area contributed by atoms with Crippen LogP contribution in [-0.4, -0.2) is 34.4 Å². The third kappa shape index (κ3) is 6.27. The predicted molar refractivity (Wildman–Crippen MR) is 100 cm³/mol. The molecule has 1 saturated carbocycles. The van der Waals surface area contributed by atoms with Crippen molar-refractivity contribution in [1.29, 1.82) is 0 Å². The summed E-state index contributed by atoms with van der Waals surface area (Å²) in [5.41, 5.74) is 1.60. The monoisotopic (exact) mass is 406 g/mol. The maximum absolute atomic E-state index is 12.5. The molecule has 0 aromatic carbocycles. The maximum atomic E-state index is 12.5. The number of halogens is 3. The zero-order valence-corrected chi connectivity index (χ0v) is 15.8. The van der Waals surface area contributed by atoms with Crippen LogP contribution in [0.1, 0.15) is 47.4 Å². The second-order valence-electron chi connectivity index (χ2n) is 7.09. The molecule has 9 heteroatoms. The molecule has 2 N–H and O–H groups in total. The van der Waals surface area contributed by atoms with Crippen LogP contribution >= 0.6 is 0 Å². The lowest BCUT2D eigenvalue weighted by Crippen LogP contribution is -2.27. The molecule has 1 aliphatic rings. The molecule has 2 heterocycles. The Labute approximate surface area is 165 Å². The van der Waals surface area contributed by atoms with Gasteiger partial charge in [0.05, 0.1) is 6.04 Å². The number of nitrogens with zero attached hydrogens (tertiary/aromatic N) is 2. The SMILES string of the molecule is CC(NC(=O)c1ccnc(CC(=O)C2CC2)c1)c1ccc(NCC(F)(F)F)nc1. The van der Waals surface area contributed by atoms with Crippen molar-refractivity contribution in [3.8, 4) is 0 Å². The van der Waals surface area contributed by atoms with Crippen LogP contribution < -0.4 is 10.6 Å². The van der Waals surface area contributed by atoms with Gasteiger partial charge in [-0.1, -0.05) is 6.07 Å². The Kier molecular flexibility index (Phi) is 6.14. The van der Waals surface area contributed by atoms with Crippen LogP contribution in [0.3, 0.4) is 0 Å². The number of rotatable bonds is 8. The number of Topliss-reactive ketones (excluding diaryl/α,β-unsaturated/α-hetero) is 1. The van der Waals surface area contributed by atoms with Gasteiger partial charge in [0.25, 0.3) is 5.91 Å². The largest absolute Gasteiger partial charge is 0.405 e. The first-order chi connectivity index (χ1) is 13.7. The zero-order valence-electron chi connectivity index (χ0n) is 15.8. The molecule has 154 valence electrons. The Morgan fingerprint density at radius 3 is 2.59 bits per heavy atom. The van der Waals surface area contributed by atoms with Crippen molar-refractivity contribution >= 4 is 17.5 Å². The number of carbonyl (C=O) groups is 2. The number of anilines is 1. The van der Waals surface area contributed by atoms with Gasteiger partial charge < -0.3 is 10.6 Å². The molecule has 2 aromatic heterocycles. The first-order valence-corrected chi connectivity index (χ1v) is 9.26. The number of amides is 1. The number of nitrogens with one attached hydrogen (secondary N) is 2. The van der Waals surface area contributed by atoms with Crippen molar-refractivity contribution in [1.82, 2.24) is 15.3 Å². The lowest BCUT2D eigenvalue weighted by atomic mass is 10.1. The van der Waals surface area contributed by atoms with Gasteiger partial charge in [-0.05, 0) is 43.5 Å². The van der Waals surface area contributed by atoms with E-state index >= 15 is 0 Å². The van der Waals surface area contributed by atoms with E-state index < -0.39 is 18.8 Å². The third-order valence-electron chi connectivity index (χ3n) is 4.57. The van der Waals surface area contributed by atoms with Crippen LogP contribution in [0, 0.1) is 5.92 Å². The van der Waals surface area contributed by atoms with E-state index in [1.807, 2.05) is 0 Å². The molecule has 0 radical (unpaired) electrons. The lowest BCUT2D eigenvalue weighted by molar-refractivity contribution is -0.119. The van der Waals surface area contributed by atoms with Gasteiger partial charge in [-0.15, -0.1) is 0 Å². The molecule has 0 bridgehead atoms. The Bertz CT molecular complexity index is 880. The lowest BCUT2D eigenvalue weighted by Gasteiger charge is -2.15. The Morgan fingerprint density at radius 2 is 1.97 bits per heavy atom. The number of pyridine rings is 2.